The fourth-order valence-electron chi connectivity index (χ4n) is 0.855. The fourth-order valence-corrected chi connectivity index (χ4v) is 0.855. The van der Waals surface area contributed by atoms with Crippen molar-refractivity contribution in [3.8, 4) is 5.75 Å². The molecule has 0 atom stereocenters. The molecular formula is C9H10I2O3Zn. The Bertz CT molecular complexity index is 307. The summed E-state index contributed by atoms with van der Waals surface area (Å²) in [6, 6.07) is 6.30. The molecule has 1 N–H and O–H groups in total. The molecular weight excluding hydrogens is 475 g/mol. The van der Waals surface area contributed by atoms with Gasteiger partial charge in [0.05, 0.1) is 6.61 Å². The summed E-state index contributed by atoms with van der Waals surface area (Å²) in [7, 11) is 0.0650. The fraction of sp³-hybridized carbons (Fsp3) is 0.222. The average Bonchev–Trinajstić information content (AvgIpc) is 2.20. The molecule has 0 amide bonds. The Labute approximate surface area is 118 Å². The van der Waals surface area contributed by atoms with Crippen molar-refractivity contribution in [2.45, 2.75) is 6.92 Å². The Morgan fingerprint density at radius 1 is 1.47 bits per heavy atom. The van der Waals surface area contributed by atoms with Crippen LogP contribution >= 0.6 is 39.5 Å². The van der Waals surface area contributed by atoms with Crippen LogP contribution in [0.5, 0.6) is 5.75 Å². The summed E-state index contributed by atoms with van der Waals surface area (Å²) < 4.78 is 4.71. The first-order valence-corrected chi connectivity index (χ1v) is 22.3. The second-order valence-electron chi connectivity index (χ2n) is 2.34. The van der Waals surface area contributed by atoms with Gasteiger partial charge in [-0.2, -0.15) is 0 Å². The topological polar surface area (TPSA) is 46.5 Å². The molecule has 0 fully saturated rings. The number of rotatable bonds is 2. The van der Waals surface area contributed by atoms with Crippen LogP contribution in [0, 0.1) is 0 Å². The van der Waals surface area contributed by atoms with E-state index in [1.807, 2.05) is 0 Å². The number of para-hydroxylation sites is 1. The van der Waals surface area contributed by atoms with Gasteiger partial charge in [-0.1, -0.05) is 12.1 Å². The van der Waals surface area contributed by atoms with Gasteiger partial charge in [-0.05, 0) is 19.1 Å². The zero-order valence-electron chi connectivity index (χ0n) is 8.24. The molecule has 0 aromatic heterocycles. The van der Waals surface area contributed by atoms with Gasteiger partial charge in [0.2, 0.25) is 0 Å². The van der Waals surface area contributed by atoms with Crippen molar-refractivity contribution >= 4 is 45.5 Å². The van der Waals surface area contributed by atoms with E-state index in [9.17, 15) is 9.90 Å². The van der Waals surface area contributed by atoms with E-state index in [-0.39, 0.29) is 21.4 Å². The van der Waals surface area contributed by atoms with Gasteiger partial charge in [0.15, 0.2) is 0 Å². The Balaban J connectivity index is 0.000000583. The van der Waals surface area contributed by atoms with E-state index < -0.39 is 5.97 Å². The first kappa shape index (κ1) is 15.6. The molecule has 0 unspecified atom stereocenters. The molecule has 0 aliphatic rings. The van der Waals surface area contributed by atoms with E-state index in [2.05, 4.69) is 39.5 Å². The maximum absolute atomic E-state index is 11.1. The Morgan fingerprint density at radius 3 is 2.47 bits per heavy atom. The van der Waals surface area contributed by atoms with Crippen LogP contribution in [-0.4, -0.2) is 17.7 Å². The van der Waals surface area contributed by atoms with Crippen molar-refractivity contribution in [2.75, 3.05) is 6.61 Å². The van der Waals surface area contributed by atoms with Crippen LogP contribution in [0.2, 0.25) is 0 Å². The molecule has 0 aliphatic carbocycles. The number of hydrogen-bond donors (Lipinski definition) is 1. The minimum absolute atomic E-state index is 0.0454. The zero-order valence-corrected chi connectivity index (χ0v) is 15.5. The second-order valence-corrected chi connectivity index (χ2v) is 25.9. The average molecular weight is 485 g/mol. The van der Waals surface area contributed by atoms with Gasteiger partial charge in [0.1, 0.15) is 11.3 Å². The summed E-state index contributed by atoms with van der Waals surface area (Å²) in [5, 5.41) is 9.21. The van der Waals surface area contributed by atoms with Crippen molar-refractivity contribution in [2.24, 2.45) is 0 Å². The first-order valence-electron chi connectivity index (χ1n) is 4.24. The third-order valence-corrected chi connectivity index (χ3v) is 1.40. The SMILES string of the molecule is CCOC(=O)c1ccccc1O.[I][Zn][I]. The number of carbonyl (C=O) groups excluding carboxylic acids is 1. The number of esters is 1. The second kappa shape index (κ2) is 9.77. The van der Waals surface area contributed by atoms with Gasteiger partial charge in [-0.15, -0.1) is 0 Å². The minimum atomic E-state index is -0.490. The third kappa shape index (κ3) is 6.68. The number of ether oxygens (including phenoxy) is 1. The van der Waals surface area contributed by atoms with E-state index in [4.69, 9.17) is 4.74 Å². The van der Waals surface area contributed by atoms with Crippen LogP contribution in [0.1, 0.15) is 17.3 Å². The standard InChI is InChI=1S/C9H10O3.2HI.Zn/c1-2-12-9(11)7-5-3-4-6-8(7)10;;;/h3-6,10H,2H2,1H3;2*1H;/q;;;+2/p-2. The maximum atomic E-state index is 11.1. The summed E-state index contributed by atoms with van der Waals surface area (Å²) in [5.41, 5.74) is 0.208. The van der Waals surface area contributed by atoms with Gasteiger partial charge < -0.3 is 9.84 Å². The molecule has 80 valence electrons. The van der Waals surface area contributed by atoms with Crippen molar-refractivity contribution < 1.29 is 24.7 Å². The van der Waals surface area contributed by atoms with Crippen LogP contribution in [0.4, 0.5) is 0 Å². The predicted octanol–water partition coefficient (Wildman–Crippen LogP) is 3.34. The number of hydrogen-bond acceptors (Lipinski definition) is 3. The van der Waals surface area contributed by atoms with Crippen LogP contribution in [0.25, 0.3) is 0 Å². The van der Waals surface area contributed by atoms with Crippen LogP contribution in [0.3, 0.4) is 0 Å². The zero-order chi connectivity index (χ0) is 11.7. The summed E-state index contributed by atoms with van der Waals surface area (Å²) in [6.45, 7) is 2.03. The Morgan fingerprint density at radius 2 is 2.00 bits per heavy atom. The Hall–Kier alpha value is 0.573. The molecule has 0 heterocycles. The number of benzene rings is 1. The molecule has 0 aliphatic heterocycles. The number of carbonyl (C=O) groups is 1. The molecule has 0 saturated carbocycles. The van der Waals surface area contributed by atoms with Crippen LogP contribution in [0.15, 0.2) is 24.3 Å². The van der Waals surface area contributed by atoms with Gasteiger partial charge in [0.25, 0.3) is 0 Å². The predicted molar refractivity (Wildman–Crippen MR) is 72.1 cm³/mol. The molecule has 0 spiro atoms. The van der Waals surface area contributed by atoms with Gasteiger partial charge in [-0.25, -0.2) is 4.79 Å². The van der Waals surface area contributed by atoms with Crippen molar-refractivity contribution in [1.82, 2.24) is 0 Å². The summed E-state index contributed by atoms with van der Waals surface area (Å²) in [5.74, 6) is -0.536. The molecule has 3 nitrogen and oxygen atoms in total. The Kier molecular flexibility index (Phi) is 10.1. The van der Waals surface area contributed by atoms with Gasteiger partial charge in [0, 0.05) is 0 Å². The van der Waals surface area contributed by atoms with Crippen molar-refractivity contribution in [1.29, 1.82) is 0 Å². The van der Waals surface area contributed by atoms with Gasteiger partial charge in [-0.3, -0.25) is 0 Å². The summed E-state index contributed by atoms with van der Waals surface area (Å²) >= 11 is 4.93. The monoisotopic (exact) mass is 484 g/mol. The van der Waals surface area contributed by atoms with E-state index in [0.717, 1.165) is 0 Å². The van der Waals surface area contributed by atoms with Crippen LogP contribution < -0.4 is 0 Å². The van der Waals surface area contributed by atoms with E-state index in [1.165, 1.54) is 12.1 Å². The first-order chi connectivity index (χ1) is 7.17. The number of aromatic hydroxyl groups is 1. The molecule has 0 radical (unpaired) electrons. The summed E-state index contributed by atoms with van der Waals surface area (Å²) in [4.78, 5) is 11.1. The third-order valence-electron chi connectivity index (χ3n) is 1.40. The number of halogens is 2. The van der Waals surface area contributed by atoms with E-state index in [1.54, 1.807) is 19.1 Å². The molecule has 0 saturated heterocycles. The van der Waals surface area contributed by atoms with Crippen LogP contribution in [-0.2, 0) is 14.8 Å². The molecule has 6 heteroatoms. The molecule has 1 rings (SSSR count). The molecule has 1 aromatic carbocycles. The van der Waals surface area contributed by atoms with E-state index >= 15 is 0 Å². The molecule has 15 heavy (non-hydrogen) atoms. The van der Waals surface area contributed by atoms with Crippen molar-refractivity contribution in [3.63, 3.8) is 0 Å². The quantitative estimate of drug-likeness (QED) is 0.397. The number of phenols is 1. The van der Waals surface area contributed by atoms with Gasteiger partial charge >= 0.3 is 55.6 Å². The number of phenolic OH excluding ortho intramolecular Hbond substituents is 1. The molecule has 1 aromatic rings. The van der Waals surface area contributed by atoms with Crippen molar-refractivity contribution in [3.05, 3.63) is 29.8 Å². The normalized spacial score (nSPS) is 8.20. The summed E-state index contributed by atoms with van der Waals surface area (Å²) in [6.07, 6.45) is 0. The molecule has 0 bridgehead atoms. The van der Waals surface area contributed by atoms with E-state index in [0.29, 0.717) is 6.61 Å².